The van der Waals surface area contributed by atoms with Crippen LogP contribution in [0, 0.1) is 11.3 Å². The molecule has 0 spiro atoms. The topological polar surface area (TPSA) is 91.7 Å². The molecule has 2 amide bonds. The van der Waals surface area contributed by atoms with Crippen LogP contribution in [-0.2, 0) is 9.59 Å². The number of nitriles is 1. The lowest BCUT2D eigenvalue weighted by atomic mass is 10.2. The van der Waals surface area contributed by atoms with Crippen LogP contribution in [0.5, 0.6) is 11.5 Å². The Labute approximate surface area is 180 Å². The molecule has 1 N–H and O–H groups in total. The number of methoxy groups -OCH3 is 1. The number of hydrogen-bond donors (Lipinski definition) is 1. The van der Waals surface area contributed by atoms with E-state index in [1.165, 1.54) is 0 Å². The summed E-state index contributed by atoms with van der Waals surface area (Å²) in [5, 5.41) is 11.7. The zero-order chi connectivity index (χ0) is 21.3. The van der Waals surface area contributed by atoms with Gasteiger partial charge in [-0.2, -0.15) is 5.26 Å². The molecule has 0 radical (unpaired) electrons. The summed E-state index contributed by atoms with van der Waals surface area (Å²) in [6, 6.07) is 15.5. The minimum atomic E-state index is -0.499. The number of nitrogens with zero attached hydrogens (tertiary/aromatic N) is 2. The lowest BCUT2D eigenvalue weighted by Gasteiger charge is -2.23. The van der Waals surface area contributed by atoms with Crippen molar-refractivity contribution in [1.82, 2.24) is 4.90 Å². The van der Waals surface area contributed by atoms with E-state index >= 15 is 0 Å². The van der Waals surface area contributed by atoms with E-state index in [4.69, 9.17) is 14.7 Å². The Balaban J connectivity index is 1.45. The lowest BCUT2D eigenvalue weighted by Crippen LogP contribution is -2.44. The first-order chi connectivity index (χ1) is 14.6. The molecule has 1 fully saturated rings. The van der Waals surface area contributed by atoms with Gasteiger partial charge in [0.2, 0.25) is 11.8 Å². The quantitative estimate of drug-likeness (QED) is 0.653. The van der Waals surface area contributed by atoms with Crippen LogP contribution in [0.25, 0.3) is 0 Å². The predicted octanol–water partition coefficient (Wildman–Crippen LogP) is 3.27. The number of carbonyl (C=O) groups excluding carboxylic acids is 2. The van der Waals surface area contributed by atoms with Crippen LogP contribution in [0.2, 0.25) is 0 Å². The fourth-order valence-electron chi connectivity index (χ4n) is 2.99. The van der Waals surface area contributed by atoms with Gasteiger partial charge in [0, 0.05) is 17.9 Å². The largest absolute Gasteiger partial charge is 0.497 e. The van der Waals surface area contributed by atoms with Crippen molar-refractivity contribution < 1.29 is 19.1 Å². The van der Waals surface area contributed by atoms with E-state index < -0.39 is 6.04 Å². The van der Waals surface area contributed by atoms with Gasteiger partial charge in [0.1, 0.15) is 17.5 Å². The molecule has 8 heteroatoms. The van der Waals surface area contributed by atoms with Crippen LogP contribution in [0.1, 0.15) is 18.4 Å². The van der Waals surface area contributed by atoms with Crippen molar-refractivity contribution in [2.45, 2.75) is 18.9 Å². The molecule has 1 aliphatic heterocycles. The fraction of sp³-hybridized carbons (Fsp3) is 0.318. The minimum Gasteiger partial charge on any atom is -0.497 e. The molecule has 30 heavy (non-hydrogen) atoms. The van der Waals surface area contributed by atoms with Gasteiger partial charge in [-0.3, -0.25) is 9.59 Å². The van der Waals surface area contributed by atoms with Crippen LogP contribution < -0.4 is 14.8 Å². The third-order valence-corrected chi connectivity index (χ3v) is 5.66. The molecular formula is C22H23N3O4S. The van der Waals surface area contributed by atoms with Crippen molar-refractivity contribution in [3.63, 3.8) is 0 Å². The summed E-state index contributed by atoms with van der Waals surface area (Å²) in [6.07, 6.45) is 0.882. The lowest BCUT2D eigenvalue weighted by molar-refractivity contribution is -0.136. The van der Waals surface area contributed by atoms with E-state index in [2.05, 4.69) is 5.32 Å². The Hall–Kier alpha value is -3.18. The second kappa shape index (κ2) is 10.6. The first kappa shape index (κ1) is 21.5. The van der Waals surface area contributed by atoms with Gasteiger partial charge in [-0.15, -0.1) is 11.8 Å². The summed E-state index contributed by atoms with van der Waals surface area (Å²) in [5.74, 6) is 2.28. The maximum Gasteiger partial charge on any atom is 0.248 e. The number of thioether (sulfide) groups is 1. The zero-order valence-electron chi connectivity index (χ0n) is 16.7. The van der Waals surface area contributed by atoms with Crippen molar-refractivity contribution in [2.24, 2.45) is 0 Å². The predicted molar refractivity (Wildman–Crippen MR) is 115 cm³/mol. The second-order valence-electron chi connectivity index (χ2n) is 6.69. The Kier molecular flexibility index (Phi) is 7.57. The van der Waals surface area contributed by atoms with E-state index in [1.807, 2.05) is 30.3 Å². The van der Waals surface area contributed by atoms with Crippen molar-refractivity contribution in [1.29, 1.82) is 5.26 Å². The Morgan fingerprint density at radius 1 is 1.17 bits per heavy atom. The highest BCUT2D eigenvalue weighted by molar-refractivity contribution is 7.99. The molecular weight excluding hydrogens is 402 g/mol. The van der Waals surface area contributed by atoms with E-state index in [9.17, 15) is 9.59 Å². The first-order valence-electron chi connectivity index (χ1n) is 9.56. The highest BCUT2D eigenvalue weighted by atomic mass is 32.2. The molecule has 0 bridgehead atoms. The van der Waals surface area contributed by atoms with Crippen molar-refractivity contribution in [3.8, 4) is 17.6 Å². The Morgan fingerprint density at radius 2 is 1.87 bits per heavy atom. The van der Waals surface area contributed by atoms with Crippen molar-refractivity contribution in [2.75, 3.05) is 30.7 Å². The standard InChI is InChI=1S/C22H23N3O4S/c1-28-18-8-10-19(11-9-18)29-12-2-3-21(26)25-15-30-14-20(25)22(27)24-17-6-4-16(13-23)5-7-17/h4-11,20H,2-3,12,14-15H2,1H3,(H,24,27). The number of hydrogen-bond acceptors (Lipinski definition) is 6. The van der Waals surface area contributed by atoms with Gasteiger partial charge in [-0.05, 0) is 55.0 Å². The van der Waals surface area contributed by atoms with Gasteiger partial charge in [0.05, 0.1) is 31.2 Å². The molecule has 2 aromatic carbocycles. The molecule has 1 heterocycles. The van der Waals surface area contributed by atoms with Gasteiger partial charge >= 0.3 is 0 Å². The van der Waals surface area contributed by atoms with Crippen LogP contribution >= 0.6 is 11.8 Å². The number of carbonyl (C=O) groups is 2. The SMILES string of the molecule is COc1ccc(OCCCC(=O)N2CSCC2C(=O)Nc2ccc(C#N)cc2)cc1. The molecule has 0 aromatic heterocycles. The molecule has 1 unspecified atom stereocenters. The second-order valence-corrected chi connectivity index (χ2v) is 7.68. The monoisotopic (exact) mass is 425 g/mol. The zero-order valence-corrected chi connectivity index (χ0v) is 17.5. The normalized spacial score (nSPS) is 15.3. The Bertz CT molecular complexity index is 909. The van der Waals surface area contributed by atoms with Gasteiger partial charge < -0.3 is 19.7 Å². The average molecular weight is 426 g/mol. The average Bonchev–Trinajstić information content (AvgIpc) is 3.28. The fourth-order valence-corrected chi connectivity index (χ4v) is 4.17. The smallest absolute Gasteiger partial charge is 0.248 e. The van der Waals surface area contributed by atoms with Crippen LogP contribution in [0.4, 0.5) is 5.69 Å². The molecule has 1 atom stereocenters. The van der Waals surface area contributed by atoms with E-state index in [0.29, 0.717) is 42.3 Å². The number of amides is 2. The summed E-state index contributed by atoms with van der Waals surface area (Å²) < 4.78 is 10.8. The molecule has 0 aliphatic carbocycles. The Morgan fingerprint density at radius 3 is 2.53 bits per heavy atom. The highest BCUT2D eigenvalue weighted by Crippen LogP contribution is 2.24. The van der Waals surface area contributed by atoms with Crippen LogP contribution in [0.3, 0.4) is 0 Å². The third-order valence-electron chi connectivity index (χ3n) is 4.65. The number of nitrogens with one attached hydrogen (secondary N) is 1. The minimum absolute atomic E-state index is 0.0571. The third kappa shape index (κ3) is 5.67. The van der Waals surface area contributed by atoms with Gasteiger partial charge in [-0.25, -0.2) is 0 Å². The van der Waals surface area contributed by atoms with Gasteiger partial charge in [0.25, 0.3) is 0 Å². The maximum absolute atomic E-state index is 12.6. The summed E-state index contributed by atoms with van der Waals surface area (Å²) in [5.41, 5.74) is 1.13. The summed E-state index contributed by atoms with van der Waals surface area (Å²) in [6.45, 7) is 0.418. The van der Waals surface area contributed by atoms with Crippen molar-refractivity contribution in [3.05, 3.63) is 54.1 Å². The van der Waals surface area contributed by atoms with E-state index in [-0.39, 0.29) is 11.8 Å². The molecule has 3 rings (SSSR count). The molecule has 0 saturated carbocycles. The summed E-state index contributed by atoms with van der Waals surface area (Å²) in [7, 11) is 1.61. The number of benzene rings is 2. The first-order valence-corrected chi connectivity index (χ1v) is 10.7. The number of anilines is 1. The van der Waals surface area contributed by atoms with Gasteiger partial charge in [-0.1, -0.05) is 0 Å². The summed E-state index contributed by atoms with van der Waals surface area (Å²) in [4.78, 5) is 26.9. The number of rotatable bonds is 8. The van der Waals surface area contributed by atoms with Crippen LogP contribution in [0.15, 0.2) is 48.5 Å². The molecule has 7 nitrogen and oxygen atoms in total. The number of ether oxygens (including phenoxy) is 2. The molecule has 1 saturated heterocycles. The molecule has 2 aromatic rings. The molecule has 156 valence electrons. The highest BCUT2D eigenvalue weighted by Gasteiger charge is 2.34. The van der Waals surface area contributed by atoms with Crippen LogP contribution in [-0.4, -0.2) is 48.1 Å². The van der Waals surface area contributed by atoms with E-state index in [0.717, 1.165) is 11.5 Å². The molecule has 1 aliphatic rings. The van der Waals surface area contributed by atoms with Crippen molar-refractivity contribution >= 4 is 29.3 Å². The summed E-state index contributed by atoms with van der Waals surface area (Å²) >= 11 is 1.56. The maximum atomic E-state index is 12.6. The van der Waals surface area contributed by atoms with E-state index in [1.54, 1.807) is 48.0 Å². The van der Waals surface area contributed by atoms with Gasteiger partial charge in [0.15, 0.2) is 0 Å².